The van der Waals surface area contributed by atoms with Gasteiger partial charge in [-0.2, -0.15) is 0 Å². The van der Waals surface area contributed by atoms with Crippen LogP contribution in [-0.4, -0.2) is 25.6 Å². The van der Waals surface area contributed by atoms with Gasteiger partial charge in [0.2, 0.25) is 10.0 Å². The summed E-state index contributed by atoms with van der Waals surface area (Å²) in [4.78, 5) is 17.1. The molecule has 0 fully saturated rings. The average Bonchev–Trinajstić information content (AvgIpc) is 2.66. The lowest BCUT2D eigenvalue weighted by molar-refractivity contribution is 0.0939. The number of nitrogens with one attached hydrogen (secondary N) is 2. The van der Waals surface area contributed by atoms with E-state index in [9.17, 15) is 13.2 Å². The Labute approximate surface area is 184 Å². The fourth-order valence-corrected chi connectivity index (χ4v) is 3.94. The molecule has 164 valence electrons. The summed E-state index contributed by atoms with van der Waals surface area (Å²) in [5.41, 5.74) is 3.71. The van der Waals surface area contributed by atoms with Gasteiger partial charge in [-0.15, -0.1) is 0 Å². The van der Waals surface area contributed by atoms with Crippen molar-refractivity contribution in [2.45, 2.75) is 46.1 Å². The van der Waals surface area contributed by atoms with E-state index in [0.29, 0.717) is 16.9 Å². The lowest BCUT2D eigenvalue weighted by atomic mass is 9.86. The number of benzene rings is 2. The van der Waals surface area contributed by atoms with Crippen LogP contribution in [0.5, 0.6) is 0 Å². The number of hydrogen-bond donors (Lipinski definition) is 2. The van der Waals surface area contributed by atoms with Crippen molar-refractivity contribution in [3.8, 4) is 0 Å². The summed E-state index contributed by atoms with van der Waals surface area (Å²) >= 11 is 0. The predicted molar refractivity (Wildman–Crippen MR) is 126 cm³/mol. The lowest BCUT2D eigenvalue weighted by Crippen LogP contribution is -2.27. The highest BCUT2D eigenvalue weighted by Crippen LogP contribution is 2.27. The van der Waals surface area contributed by atoms with Gasteiger partial charge in [0.25, 0.3) is 5.91 Å². The number of sulfonamides is 1. The van der Waals surface area contributed by atoms with Crippen LogP contribution in [0.25, 0.3) is 10.8 Å². The second-order valence-electron chi connectivity index (χ2n) is 9.02. The van der Waals surface area contributed by atoms with Crippen LogP contribution in [0, 0.1) is 6.92 Å². The molecule has 0 saturated carbocycles. The van der Waals surface area contributed by atoms with Crippen molar-refractivity contribution in [1.29, 1.82) is 0 Å². The van der Waals surface area contributed by atoms with E-state index in [1.54, 1.807) is 13.0 Å². The summed E-state index contributed by atoms with van der Waals surface area (Å²) in [5.74, 6) is -0.188. The molecule has 0 bridgehead atoms. The maximum atomic E-state index is 12.8. The third kappa shape index (κ3) is 5.61. The number of aryl methyl sites for hydroxylation is 1. The molecule has 1 aromatic heterocycles. The molecule has 3 aromatic rings. The third-order valence-electron chi connectivity index (χ3n) is 5.19. The number of nitrogens with zero attached hydrogens (tertiary/aromatic N) is 1. The van der Waals surface area contributed by atoms with Crippen LogP contribution in [-0.2, 0) is 15.4 Å². The number of carbonyl (C=O) groups is 1. The fourth-order valence-electron chi connectivity index (χ4n) is 3.33. The van der Waals surface area contributed by atoms with Crippen LogP contribution in [0.2, 0.25) is 0 Å². The molecule has 0 aliphatic rings. The van der Waals surface area contributed by atoms with Gasteiger partial charge in [0, 0.05) is 5.56 Å². The molecule has 0 aliphatic carbocycles. The van der Waals surface area contributed by atoms with Crippen LogP contribution in [0.1, 0.15) is 60.9 Å². The second-order valence-corrected chi connectivity index (χ2v) is 10.8. The average molecular weight is 440 g/mol. The van der Waals surface area contributed by atoms with E-state index < -0.39 is 10.0 Å². The molecule has 7 heteroatoms. The summed E-state index contributed by atoms with van der Waals surface area (Å²) in [6.45, 7) is 10.2. The first-order chi connectivity index (χ1) is 14.3. The highest BCUT2D eigenvalue weighted by Gasteiger charge is 2.16. The highest BCUT2D eigenvalue weighted by molar-refractivity contribution is 7.92. The van der Waals surface area contributed by atoms with Gasteiger partial charge in [0.15, 0.2) is 0 Å². The largest absolute Gasteiger partial charge is 0.344 e. The van der Waals surface area contributed by atoms with E-state index in [1.807, 2.05) is 25.1 Å². The Balaban J connectivity index is 1.77. The van der Waals surface area contributed by atoms with E-state index in [-0.39, 0.29) is 17.4 Å². The Morgan fingerprint density at radius 2 is 1.68 bits per heavy atom. The number of carbonyl (C=O) groups excluding carboxylic acids is 1. The van der Waals surface area contributed by atoms with E-state index in [0.717, 1.165) is 22.6 Å². The van der Waals surface area contributed by atoms with Crippen molar-refractivity contribution in [2.24, 2.45) is 0 Å². The van der Waals surface area contributed by atoms with Gasteiger partial charge in [-0.05, 0) is 59.4 Å². The minimum absolute atomic E-state index is 0.0667. The normalized spacial score (nSPS) is 13.1. The zero-order chi connectivity index (χ0) is 23.0. The van der Waals surface area contributed by atoms with Crippen LogP contribution in [0.3, 0.4) is 0 Å². The van der Waals surface area contributed by atoms with E-state index in [2.05, 4.69) is 54.0 Å². The molecule has 1 heterocycles. The number of hydrogen-bond acceptors (Lipinski definition) is 4. The van der Waals surface area contributed by atoms with Gasteiger partial charge in [-0.3, -0.25) is 14.5 Å². The minimum atomic E-state index is -3.38. The first kappa shape index (κ1) is 22.7. The topological polar surface area (TPSA) is 88.2 Å². The Kier molecular flexibility index (Phi) is 6.09. The van der Waals surface area contributed by atoms with Crippen molar-refractivity contribution in [1.82, 2.24) is 10.3 Å². The molecule has 1 atom stereocenters. The van der Waals surface area contributed by atoms with Crippen LogP contribution >= 0.6 is 0 Å². The first-order valence-corrected chi connectivity index (χ1v) is 12.0. The number of aromatic nitrogens is 1. The minimum Gasteiger partial charge on any atom is -0.344 e. The Hall–Kier alpha value is -2.93. The predicted octanol–water partition coefficient (Wildman–Crippen LogP) is 4.70. The molecule has 2 aromatic carbocycles. The molecule has 2 N–H and O–H groups in total. The number of pyridine rings is 1. The third-order valence-corrected chi connectivity index (χ3v) is 5.78. The Bertz CT molecular complexity index is 1240. The van der Waals surface area contributed by atoms with Gasteiger partial charge in [-0.1, -0.05) is 45.0 Å². The molecule has 0 aliphatic heterocycles. The maximum Gasteiger partial charge on any atom is 0.251 e. The molecule has 0 unspecified atom stereocenters. The molecule has 0 saturated heterocycles. The summed E-state index contributed by atoms with van der Waals surface area (Å²) in [5, 5.41) is 5.08. The van der Waals surface area contributed by atoms with E-state index >= 15 is 0 Å². The molecule has 6 nitrogen and oxygen atoms in total. The summed E-state index contributed by atoms with van der Waals surface area (Å²) in [7, 11) is -3.38. The zero-order valence-electron chi connectivity index (χ0n) is 18.8. The van der Waals surface area contributed by atoms with Crippen molar-refractivity contribution < 1.29 is 13.2 Å². The maximum absolute atomic E-state index is 12.8. The van der Waals surface area contributed by atoms with Crippen molar-refractivity contribution >= 4 is 32.4 Å². The standard InChI is InChI=1S/C24H29N3O3S/c1-15-11-21(25-14-22(15)27-31(6,29)30)16(2)26-23(28)19-8-7-18-13-20(24(3,4)5)10-9-17(18)12-19/h7-14,16,27H,1-6H3,(H,26,28)/t16-/m1/s1. The quantitative estimate of drug-likeness (QED) is 0.603. The SMILES string of the molecule is Cc1cc([C@@H](C)NC(=O)c2ccc3cc(C(C)(C)C)ccc3c2)ncc1NS(C)(=O)=O. The van der Waals surface area contributed by atoms with Gasteiger partial charge in [0.05, 0.1) is 29.9 Å². The van der Waals surface area contributed by atoms with Gasteiger partial charge < -0.3 is 5.32 Å². The number of fused-ring (bicyclic) bond motifs is 1. The van der Waals surface area contributed by atoms with Crippen molar-refractivity contribution in [3.63, 3.8) is 0 Å². The molecule has 0 spiro atoms. The van der Waals surface area contributed by atoms with Crippen LogP contribution < -0.4 is 10.0 Å². The smallest absolute Gasteiger partial charge is 0.251 e. The van der Waals surface area contributed by atoms with Gasteiger partial charge in [0.1, 0.15) is 0 Å². The summed E-state index contributed by atoms with van der Waals surface area (Å²) in [6.07, 6.45) is 2.56. The molecular weight excluding hydrogens is 410 g/mol. The Morgan fingerprint density at radius 3 is 2.29 bits per heavy atom. The number of rotatable bonds is 5. The van der Waals surface area contributed by atoms with Crippen molar-refractivity contribution in [2.75, 3.05) is 11.0 Å². The van der Waals surface area contributed by atoms with E-state index in [1.165, 1.54) is 11.8 Å². The molecule has 31 heavy (non-hydrogen) atoms. The Morgan fingerprint density at radius 1 is 1.03 bits per heavy atom. The second kappa shape index (κ2) is 8.30. The van der Waals surface area contributed by atoms with Crippen LogP contribution in [0.15, 0.2) is 48.7 Å². The molecule has 3 rings (SSSR count). The first-order valence-electron chi connectivity index (χ1n) is 10.1. The summed E-state index contributed by atoms with van der Waals surface area (Å²) < 4.78 is 25.3. The van der Waals surface area contributed by atoms with E-state index in [4.69, 9.17) is 0 Å². The number of anilines is 1. The van der Waals surface area contributed by atoms with Crippen LogP contribution in [0.4, 0.5) is 5.69 Å². The van der Waals surface area contributed by atoms with Gasteiger partial charge >= 0.3 is 0 Å². The van der Waals surface area contributed by atoms with Crippen molar-refractivity contribution in [3.05, 3.63) is 71.0 Å². The molecule has 1 amide bonds. The van der Waals surface area contributed by atoms with Gasteiger partial charge in [-0.25, -0.2) is 8.42 Å². The lowest BCUT2D eigenvalue weighted by Gasteiger charge is -2.19. The zero-order valence-corrected chi connectivity index (χ0v) is 19.6. The molecular formula is C24H29N3O3S. The summed E-state index contributed by atoms with van der Waals surface area (Å²) in [6, 6.07) is 13.4. The highest BCUT2D eigenvalue weighted by atomic mass is 32.2. The molecule has 0 radical (unpaired) electrons. The fraction of sp³-hybridized carbons (Fsp3) is 0.333. The number of amides is 1. The monoisotopic (exact) mass is 439 g/mol.